The number of carbonyl (C=O) groups is 1. The number of carbonyl (C=O) groups excluding carboxylic acids is 1. The van der Waals surface area contributed by atoms with Crippen molar-refractivity contribution in [1.82, 2.24) is 0 Å². The summed E-state index contributed by atoms with van der Waals surface area (Å²) in [5.41, 5.74) is 2.35. The summed E-state index contributed by atoms with van der Waals surface area (Å²) < 4.78 is 5.03. The van der Waals surface area contributed by atoms with Crippen molar-refractivity contribution in [3.63, 3.8) is 0 Å². The van der Waals surface area contributed by atoms with Crippen molar-refractivity contribution < 1.29 is 9.53 Å². The Morgan fingerprint density at radius 1 is 1.14 bits per heavy atom. The van der Waals surface area contributed by atoms with E-state index >= 15 is 0 Å². The number of allylic oxidation sites excluding steroid dienone is 2. The van der Waals surface area contributed by atoms with E-state index in [1.807, 2.05) is 0 Å². The third kappa shape index (κ3) is 2.25. The minimum absolute atomic E-state index is 0.227. The normalized spacial score (nSPS) is 32.5. The van der Waals surface area contributed by atoms with E-state index in [2.05, 4.69) is 41.3 Å². The Balaban J connectivity index is 1.43. The molecule has 1 aromatic carbocycles. The molecule has 2 fully saturated rings. The first kappa shape index (κ1) is 12.9. The van der Waals surface area contributed by atoms with Gasteiger partial charge in [-0.05, 0) is 47.8 Å². The molecule has 2 aliphatic carbocycles. The van der Waals surface area contributed by atoms with Gasteiger partial charge in [-0.15, -0.1) is 0 Å². The van der Waals surface area contributed by atoms with E-state index in [1.54, 1.807) is 0 Å². The zero-order valence-electron chi connectivity index (χ0n) is 12.4. The lowest BCUT2D eigenvalue weighted by Crippen LogP contribution is -2.22. The molecule has 0 spiro atoms. The fraction of sp³-hybridized carbons (Fsp3) is 0.500. The molecular weight excluding hydrogens is 262 g/mol. The predicted octanol–water partition coefficient (Wildman–Crippen LogP) is 3.01. The zero-order chi connectivity index (χ0) is 14.4. The first-order valence-corrected chi connectivity index (χ1v) is 7.86. The summed E-state index contributed by atoms with van der Waals surface area (Å²) in [6.45, 7) is 4.20. The average molecular weight is 283 g/mol. The summed E-state index contributed by atoms with van der Waals surface area (Å²) in [4.78, 5) is 13.4. The molecule has 2 bridgehead atoms. The Morgan fingerprint density at radius 3 is 2.33 bits per heavy atom. The van der Waals surface area contributed by atoms with E-state index < -0.39 is 0 Å². The summed E-state index contributed by atoms with van der Waals surface area (Å²) in [7, 11) is 0. The number of hydrogen-bond donors (Lipinski definition) is 0. The van der Waals surface area contributed by atoms with Crippen LogP contribution in [0, 0.1) is 23.7 Å². The van der Waals surface area contributed by atoms with E-state index in [1.165, 1.54) is 32.1 Å². The van der Waals surface area contributed by atoms with Crippen LogP contribution in [0.4, 0.5) is 5.69 Å². The molecule has 0 unspecified atom stereocenters. The molecule has 1 saturated carbocycles. The van der Waals surface area contributed by atoms with Crippen LogP contribution in [-0.2, 0) is 16.1 Å². The summed E-state index contributed by atoms with van der Waals surface area (Å²) >= 11 is 0. The predicted molar refractivity (Wildman–Crippen MR) is 81.8 cm³/mol. The molecule has 0 radical (unpaired) electrons. The molecule has 4 atom stereocenters. The van der Waals surface area contributed by atoms with Gasteiger partial charge in [-0.25, -0.2) is 0 Å². The van der Waals surface area contributed by atoms with E-state index in [0.29, 0.717) is 6.61 Å². The number of ether oxygens (including phenoxy) is 1. The minimum Gasteiger partial charge on any atom is -0.461 e. The highest BCUT2D eigenvalue weighted by Gasteiger charge is 2.49. The van der Waals surface area contributed by atoms with Gasteiger partial charge in [0.25, 0.3) is 0 Å². The molecular formula is C18H21NO2. The van der Waals surface area contributed by atoms with Gasteiger partial charge in [-0.1, -0.05) is 24.3 Å². The van der Waals surface area contributed by atoms with Crippen molar-refractivity contribution in [3.05, 3.63) is 42.0 Å². The van der Waals surface area contributed by atoms with Crippen LogP contribution in [0.1, 0.15) is 18.9 Å². The number of esters is 1. The van der Waals surface area contributed by atoms with Crippen molar-refractivity contribution in [2.45, 2.75) is 20.0 Å². The Labute approximate surface area is 125 Å². The highest BCUT2D eigenvalue weighted by Crippen LogP contribution is 2.51. The highest BCUT2D eigenvalue weighted by molar-refractivity contribution is 5.66. The van der Waals surface area contributed by atoms with Crippen LogP contribution in [0.15, 0.2) is 36.4 Å². The lowest BCUT2D eigenvalue weighted by atomic mass is 9.86. The molecule has 3 aliphatic rings. The van der Waals surface area contributed by atoms with Crippen molar-refractivity contribution in [3.8, 4) is 0 Å². The maximum atomic E-state index is 10.8. The second kappa shape index (κ2) is 4.90. The fourth-order valence-corrected chi connectivity index (χ4v) is 4.35. The first-order valence-electron chi connectivity index (χ1n) is 7.86. The largest absolute Gasteiger partial charge is 0.461 e. The lowest BCUT2D eigenvalue weighted by molar-refractivity contribution is -0.142. The van der Waals surface area contributed by atoms with Gasteiger partial charge in [0.1, 0.15) is 6.61 Å². The molecule has 4 rings (SSSR count). The van der Waals surface area contributed by atoms with Crippen LogP contribution in [-0.4, -0.2) is 19.1 Å². The van der Waals surface area contributed by atoms with Gasteiger partial charge < -0.3 is 9.64 Å². The summed E-state index contributed by atoms with van der Waals surface area (Å²) in [6, 6.07) is 8.46. The average Bonchev–Trinajstić information content (AvgIpc) is 3.17. The quantitative estimate of drug-likeness (QED) is 0.631. The standard InChI is InChI=1S/C18H21NO2/c1-12(20)21-11-13-2-6-16(7-3-13)19-9-17-14-4-5-15(8-14)18(17)10-19/h2-7,14-15,17-18H,8-11H2,1H3/t14-,15+,17-,18+. The number of nitrogens with zero attached hydrogens (tertiary/aromatic N) is 1. The number of fused-ring (bicyclic) bond motifs is 5. The number of benzene rings is 1. The molecule has 3 nitrogen and oxygen atoms in total. The molecule has 3 heteroatoms. The van der Waals surface area contributed by atoms with Crippen molar-refractivity contribution in [1.29, 1.82) is 0 Å². The lowest BCUT2D eigenvalue weighted by Gasteiger charge is -2.21. The molecule has 1 saturated heterocycles. The van der Waals surface area contributed by atoms with E-state index in [9.17, 15) is 4.79 Å². The molecule has 1 aromatic rings. The summed E-state index contributed by atoms with van der Waals surface area (Å²) in [5.74, 6) is 3.15. The van der Waals surface area contributed by atoms with Gasteiger partial charge in [0.15, 0.2) is 0 Å². The maximum absolute atomic E-state index is 10.8. The minimum atomic E-state index is -0.227. The van der Waals surface area contributed by atoms with Crippen molar-refractivity contribution in [2.75, 3.05) is 18.0 Å². The Kier molecular flexibility index (Phi) is 3.02. The van der Waals surface area contributed by atoms with Crippen LogP contribution >= 0.6 is 0 Å². The number of anilines is 1. The molecule has 1 aliphatic heterocycles. The monoisotopic (exact) mass is 283 g/mol. The second-order valence-corrected chi connectivity index (χ2v) is 6.63. The summed E-state index contributed by atoms with van der Waals surface area (Å²) in [6.07, 6.45) is 6.28. The molecule has 1 heterocycles. The molecule has 0 aromatic heterocycles. The molecule has 21 heavy (non-hydrogen) atoms. The van der Waals surface area contributed by atoms with Crippen molar-refractivity contribution >= 4 is 11.7 Å². The zero-order valence-corrected chi connectivity index (χ0v) is 12.4. The fourth-order valence-electron chi connectivity index (χ4n) is 4.35. The smallest absolute Gasteiger partial charge is 0.302 e. The molecule has 0 N–H and O–H groups in total. The van der Waals surface area contributed by atoms with Gasteiger partial charge in [-0.2, -0.15) is 0 Å². The third-order valence-electron chi connectivity index (χ3n) is 5.41. The van der Waals surface area contributed by atoms with Gasteiger partial charge >= 0.3 is 5.97 Å². The maximum Gasteiger partial charge on any atom is 0.302 e. The highest BCUT2D eigenvalue weighted by atomic mass is 16.5. The SMILES string of the molecule is CC(=O)OCc1ccc(N2C[C@@H]3[C@H](C2)[C@@H]2C=C[C@H]3C2)cc1. The van der Waals surface area contributed by atoms with E-state index in [0.717, 1.165) is 29.2 Å². The number of rotatable bonds is 3. The van der Waals surface area contributed by atoms with E-state index in [-0.39, 0.29) is 5.97 Å². The van der Waals surface area contributed by atoms with Crippen LogP contribution in [0.3, 0.4) is 0 Å². The van der Waals surface area contributed by atoms with Gasteiger partial charge in [0.2, 0.25) is 0 Å². The summed E-state index contributed by atoms with van der Waals surface area (Å²) in [5, 5.41) is 0. The van der Waals surface area contributed by atoms with Crippen LogP contribution < -0.4 is 4.90 Å². The number of hydrogen-bond acceptors (Lipinski definition) is 3. The Hall–Kier alpha value is -1.77. The third-order valence-corrected chi connectivity index (χ3v) is 5.41. The Bertz CT molecular complexity index is 557. The van der Waals surface area contributed by atoms with E-state index in [4.69, 9.17) is 4.74 Å². The second-order valence-electron chi connectivity index (χ2n) is 6.63. The molecule has 110 valence electrons. The molecule has 0 amide bonds. The van der Waals surface area contributed by atoms with Crippen molar-refractivity contribution in [2.24, 2.45) is 23.7 Å². The van der Waals surface area contributed by atoms with Gasteiger partial charge in [0, 0.05) is 25.7 Å². The Morgan fingerprint density at radius 2 is 1.76 bits per heavy atom. The van der Waals surface area contributed by atoms with Gasteiger partial charge in [-0.3, -0.25) is 4.79 Å². The topological polar surface area (TPSA) is 29.5 Å². The van der Waals surface area contributed by atoms with Crippen LogP contribution in [0.5, 0.6) is 0 Å². The first-order chi connectivity index (χ1) is 10.2. The van der Waals surface area contributed by atoms with Crippen LogP contribution in [0.2, 0.25) is 0 Å². The van der Waals surface area contributed by atoms with Crippen LogP contribution in [0.25, 0.3) is 0 Å². The van der Waals surface area contributed by atoms with Gasteiger partial charge in [0.05, 0.1) is 0 Å².